The molecule has 4 nitrogen and oxygen atoms in total. The Kier molecular flexibility index (Phi) is 3.18. The minimum atomic E-state index is -0.201. The van der Waals surface area contributed by atoms with Gasteiger partial charge in [-0.3, -0.25) is 4.98 Å². The van der Waals surface area contributed by atoms with Gasteiger partial charge in [-0.15, -0.1) is 0 Å². The third-order valence-electron chi connectivity index (χ3n) is 2.78. The lowest BCUT2D eigenvalue weighted by Gasteiger charge is -2.31. The van der Waals surface area contributed by atoms with Gasteiger partial charge in [0.1, 0.15) is 0 Å². The third kappa shape index (κ3) is 2.46. The number of rotatable bonds is 2. The Morgan fingerprint density at radius 2 is 2.40 bits per heavy atom. The Morgan fingerprint density at radius 3 is 3.00 bits per heavy atom. The summed E-state index contributed by atoms with van der Waals surface area (Å²) < 4.78 is 0. The van der Waals surface area contributed by atoms with Crippen LogP contribution >= 0.6 is 0 Å². The second-order valence-corrected chi connectivity index (χ2v) is 3.95. The Balaban J connectivity index is 2.07. The molecule has 1 fully saturated rings. The molecule has 1 aromatic heterocycles. The second-order valence-electron chi connectivity index (χ2n) is 3.95. The van der Waals surface area contributed by atoms with Gasteiger partial charge < -0.3 is 15.7 Å². The van der Waals surface area contributed by atoms with Crippen LogP contribution in [-0.4, -0.2) is 29.3 Å². The van der Waals surface area contributed by atoms with Crippen LogP contribution in [-0.2, 0) is 6.54 Å². The molecule has 1 saturated heterocycles. The number of hydrogen-bond acceptors (Lipinski definition) is 4. The number of aromatic nitrogens is 1. The van der Waals surface area contributed by atoms with E-state index in [1.165, 1.54) is 0 Å². The molecule has 2 heterocycles. The number of nitrogens with two attached hydrogens (primary N) is 1. The number of anilines is 1. The Labute approximate surface area is 89.7 Å². The number of piperidine rings is 1. The van der Waals surface area contributed by atoms with E-state index in [1.54, 1.807) is 0 Å². The number of aliphatic hydroxyl groups is 1. The number of aliphatic hydroxyl groups excluding tert-OH is 1. The minimum Gasteiger partial charge on any atom is -0.391 e. The summed E-state index contributed by atoms with van der Waals surface area (Å²) in [5.41, 5.74) is 7.46. The first-order valence-electron chi connectivity index (χ1n) is 5.37. The summed E-state index contributed by atoms with van der Waals surface area (Å²) in [6.07, 6.45) is 3.58. The Morgan fingerprint density at radius 1 is 1.53 bits per heavy atom. The summed E-state index contributed by atoms with van der Waals surface area (Å²) in [6.45, 7) is 2.19. The van der Waals surface area contributed by atoms with Crippen LogP contribution in [0.3, 0.4) is 0 Å². The molecule has 1 atom stereocenters. The van der Waals surface area contributed by atoms with Gasteiger partial charge in [0.2, 0.25) is 0 Å². The molecule has 15 heavy (non-hydrogen) atoms. The van der Waals surface area contributed by atoms with E-state index < -0.39 is 0 Å². The average molecular weight is 207 g/mol. The zero-order valence-corrected chi connectivity index (χ0v) is 8.76. The standard InChI is InChI=1S/C11H17N3O/c12-6-9-3-4-10(7-13-9)14-5-1-2-11(15)8-14/h3-4,7,11,15H,1-2,5-6,8,12H2. The second kappa shape index (κ2) is 4.59. The number of β-amino-alcohol motifs (C(OH)–C–C–N with tert-alkyl or cyclic N) is 1. The van der Waals surface area contributed by atoms with Crippen LogP contribution in [0.25, 0.3) is 0 Å². The quantitative estimate of drug-likeness (QED) is 0.741. The first kappa shape index (κ1) is 10.4. The summed E-state index contributed by atoms with van der Waals surface area (Å²) in [4.78, 5) is 6.42. The van der Waals surface area contributed by atoms with E-state index >= 15 is 0 Å². The van der Waals surface area contributed by atoms with Gasteiger partial charge in [0, 0.05) is 19.6 Å². The summed E-state index contributed by atoms with van der Waals surface area (Å²) in [5.74, 6) is 0. The SMILES string of the molecule is NCc1ccc(N2CCCC(O)C2)cn1. The molecule has 0 aromatic carbocycles. The van der Waals surface area contributed by atoms with Crippen LogP contribution in [0.1, 0.15) is 18.5 Å². The van der Waals surface area contributed by atoms with E-state index in [0.717, 1.165) is 30.8 Å². The molecule has 1 aliphatic rings. The van der Waals surface area contributed by atoms with Crippen LogP contribution in [0.5, 0.6) is 0 Å². The van der Waals surface area contributed by atoms with Crippen molar-refractivity contribution in [3.63, 3.8) is 0 Å². The molecule has 1 aliphatic heterocycles. The van der Waals surface area contributed by atoms with E-state index in [4.69, 9.17) is 5.73 Å². The van der Waals surface area contributed by atoms with Crippen molar-refractivity contribution in [2.45, 2.75) is 25.5 Å². The highest BCUT2D eigenvalue weighted by Gasteiger charge is 2.17. The lowest BCUT2D eigenvalue weighted by atomic mass is 10.1. The highest BCUT2D eigenvalue weighted by Crippen LogP contribution is 2.18. The third-order valence-corrected chi connectivity index (χ3v) is 2.78. The van der Waals surface area contributed by atoms with Crippen LogP contribution in [0.4, 0.5) is 5.69 Å². The van der Waals surface area contributed by atoms with Gasteiger partial charge in [-0.1, -0.05) is 0 Å². The van der Waals surface area contributed by atoms with Crippen molar-refractivity contribution < 1.29 is 5.11 Å². The summed E-state index contributed by atoms with van der Waals surface area (Å²) in [5, 5.41) is 9.56. The van der Waals surface area contributed by atoms with Crippen LogP contribution < -0.4 is 10.6 Å². The molecule has 0 spiro atoms. The van der Waals surface area contributed by atoms with Gasteiger partial charge in [-0.2, -0.15) is 0 Å². The molecular formula is C11H17N3O. The zero-order chi connectivity index (χ0) is 10.7. The van der Waals surface area contributed by atoms with Crippen molar-refractivity contribution in [2.24, 2.45) is 5.73 Å². The maximum Gasteiger partial charge on any atom is 0.0715 e. The van der Waals surface area contributed by atoms with E-state index in [-0.39, 0.29) is 6.10 Å². The van der Waals surface area contributed by atoms with Crippen molar-refractivity contribution in [1.29, 1.82) is 0 Å². The van der Waals surface area contributed by atoms with Crippen molar-refractivity contribution in [1.82, 2.24) is 4.98 Å². The molecule has 0 radical (unpaired) electrons. The van der Waals surface area contributed by atoms with Gasteiger partial charge in [0.05, 0.1) is 23.7 Å². The summed E-state index contributed by atoms with van der Waals surface area (Å²) in [6, 6.07) is 3.96. The summed E-state index contributed by atoms with van der Waals surface area (Å²) >= 11 is 0. The normalized spacial score (nSPS) is 21.7. The van der Waals surface area contributed by atoms with Gasteiger partial charge in [0.25, 0.3) is 0 Å². The smallest absolute Gasteiger partial charge is 0.0715 e. The Hall–Kier alpha value is -1.13. The van der Waals surface area contributed by atoms with Crippen molar-refractivity contribution >= 4 is 5.69 Å². The fraction of sp³-hybridized carbons (Fsp3) is 0.545. The lowest BCUT2D eigenvalue weighted by molar-refractivity contribution is 0.154. The van der Waals surface area contributed by atoms with Gasteiger partial charge >= 0.3 is 0 Å². The highest BCUT2D eigenvalue weighted by molar-refractivity contribution is 5.45. The molecule has 82 valence electrons. The predicted octanol–water partition coefficient (Wildman–Crippen LogP) is 0.501. The lowest BCUT2D eigenvalue weighted by Crippen LogP contribution is -2.38. The van der Waals surface area contributed by atoms with Gasteiger partial charge in [-0.25, -0.2) is 0 Å². The van der Waals surface area contributed by atoms with Crippen LogP contribution in [0.15, 0.2) is 18.3 Å². The van der Waals surface area contributed by atoms with Gasteiger partial charge in [-0.05, 0) is 25.0 Å². The fourth-order valence-electron chi connectivity index (χ4n) is 1.91. The average Bonchev–Trinajstić information content (AvgIpc) is 2.29. The molecule has 0 saturated carbocycles. The fourth-order valence-corrected chi connectivity index (χ4v) is 1.91. The predicted molar refractivity (Wildman–Crippen MR) is 59.6 cm³/mol. The molecule has 0 bridgehead atoms. The molecule has 1 aromatic rings. The summed E-state index contributed by atoms with van der Waals surface area (Å²) in [7, 11) is 0. The van der Waals surface area contributed by atoms with Crippen molar-refractivity contribution in [3.8, 4) is 0 Å². The molecular weight excluding hydrogens is 190 g/mol. The first-order valence-corrected chi connectivity index (χ1v) is 5.37. The molecule has 3 N–H and O–H groups in total. The maximum absolute atomic E-state index is 9.56. The van der Waals surface area contributed by atoms with Crippen molar-refractivity contribution in [2.75, 3.05) is 18.0 Å². The van der Waals surface area contributed by atoms with E-state index in [1.807, 2.05) is 18.3 Å². The van der Waals surface area contributed by atoms with Gasteiger partial charge in [0.15, 0.2) is 0 Å². The first-order chi connectivity index (χ1) is 7.29. The van der Waals surface area contributed by atoms with E-state index in [0.29, 0.717) is 13.1 Å². The molecule has 0 aliphatic carbocycles. The number of hydrogen-bond donors (Lipinski definition) is 2. The molecule has 2 rings (SSSR count). The highest BCUT2D eigenvalue weighted by atomic mass is 16.3. The largest absolute Gasteiger partial charge is 0.391 e. The number of pyridine rings is 1. The zero-order valence-electron chi connectivity index (χ0n) is 8.76. The molecule has 1 unspecified atom stereocenters. The topological polar surface area (TPSA) is 62.4 Å². The van der Waals surface area contributed by atoms with E-state index in [9.17, 15) is 5.11 Å². The molecule has 4 heteroatoms. The minimum absolute atomic E-state index is 0.201. The molecule has 0 amide bonds. The van der Waals surface area contributed by atoms with Crippen LogP contribution in [0.2, 0.25) is 0 Å². The van der Waals surface area contributed by atoms with E-state index in [2.05, 4.69) is 9.88 Å². The maximum atomic E-state index is 9.56. The van der Waals surface area contributed by atoms with Crippen molar-refractivity contribution in [3.05, 3.63) is 24.0 Å². The van der Waals surface area contributed by atoms with Crippen LogP contribution in [0, 0.1) is 0 Å². The number of nitrogens with zero attached hydrogens (tertiary/aromatic N) is 2. The Bertz CT molecular complexity index is 312. The monoisotopic (exact) mass is 207 g/mol.